The quantitative estimate of drug-likeness (QED) is 0.821. The van der Waals surface area contributed by atoms with Gasteiger partial charge in [0.25, 0.3) is 10.0 Å². The predicted octanol–water partition coefficient (Wildman–Crippen LogP) is 3.65. The fourth-order valence-corrected chi connectivity index (χ4v) is 5.66. The van der Waals surface area contributed by atoms with Gasteiger partial charge in [0.15, 0.2) is 0 Å². The molecule has 0 bridgehead atoms. The highest BCUT2D eigenvalue weighted by Gasteiger charge is 2.23. The normalized spacial score (nSPS) is 11.6. The molecule has 114 valence electrons. The molecule has 0 saturated carbocycles. The molecule has 2 N–H and O–H groups in total. The summed E-state index contributed by atoms with van der Waals surface area (Å²) in [5.41, 5.74) is 2.37. The van der Waals surface area contributed by atoms with Gasteiger partial charge in [0.05, 0.1) is 5.69 Å². The van der Waals surface area contributed by atoms with Crippen LogP contribution in [-0.2, 0) is 16.6 Å². The molecule has 0 unspecified atom stereocenters. The lowest BCUT2D eigenvalue weighted by atomic mass is 10.2. The number of anilines is 1. The van der Waals surface area contributed by atoms with Crippen molar-refractivity contribution in [3.05, 3.63) is 44.1 Å². The van der Waals surface area contributed by atoms with Crippen LogP contribution in [0.1, 0.15) is 16.0 Å². The van der Waals surface area contributed by atoms with Crippen LogP contribution in [0.15, 0.2) is 32.9 Å². The van der Waals surface area contributed by atoms with Crippen LogP contribution in [0.25, 0.3) is 0 Å². The van der Waals surface area contributed by atoms with Crippen LogP contribution in [0.4, 0.5) is 5.69 Å². The van der Waals surface area contributed by atoms with Crippen molar-refractivity contribution in [2.45, 2.75) is 25.3 Å². The summed E-state index contributed by atoms with van der Waals surface area (Å²) in [7, 11) is -1.80. The molecule has 0 atom stereocenters. The third-order valence-electron chi connectivity index (χ3n) is 2.96. The Balaban J connectivity index is 2.41. The largest absolute Gasteiger partial charge is 0.315 e. The molecule has 0 aliphatic rings. The van der Waals surface area contributed by atoms with E-state index in [9.17, 15) is 8.42 Å². The van der Waals surface area contributed by atoms with E-state index in [0.717, 1.165) is 20.5 Å². The van der Waals surface area contributed by atoms with Crippen LogP contribution >= 0.6 is 27.3 Å². The van der Waals surface area contributed by atoms with Gasteiger partial charge in [0, 0.05) is 15.9 Å². The summed E-state index contributed by atoms with van der Waals surface area (Å²) in [6.45, 7) is 4.30. The van der Waals surface area contributed by atoms with E-state index in [2.05, 4.69) is 26.0 Å². The second-order valence-electron chi connectivity index (χ2n) is 4.79. The minimum absolute atomic E-state index is 0.370. The van der Waals surface area contributed by atoms with Crippen LogP contribution in [0.5, 0.6) is 0 Å². The first-order valence-electron chi connectivity index (χ1n) is 6.35. The van der Waals surface area contributed by atoms with Crippen molar-refractivity contribution in [3.63, 3.8) is 0 Å². The van der Waals surface area contributed by atoms with Crippen LogP contribution in [0.2, 0.25) is 0 Å². The first kappa shape index (κ1) is 16.5. The summed E-state index contributed by atoms with van der Waals surface area (Å²) in [6, 6.07) is 5.51. The van der Waals surface area contributed by atoms with Gasteiger partial charge in [0.1, 0.15) is 4.90 Å². The lowest BCUT2D eigenvalue weighted by Crippen LogP contribution is -2.17. The molecule has 0 saturated heterocycles. The SMILES string of the molecule is CNCc1scc(C)c1S(=O)(=O)Nc1ccc(C)cc1Br. The number of hydrogen-bond donors (Lipinski definition) is 2. The third kappa shape index (κ3) is 3.66. The van der Waals surface area contributed by atoms with E-state index in [-0.39, 0.29) is 0 Å². The molecule has 2 aromatic rings. The Morgan fingerprint density at radius 2 is 2.00 bits per heavy atom. The smallest absolute Gasteiger partial charge is 0.263 e. The molecule has 2 rings (SSSR count). The molecule has 0 radical (unpaired) electrons. The van der Waals surface area contributed by atoms with E-state index in [0.29, 0.717) is 17.1 Å². The maximum absolute atomic E-state index is 12.7. The van der Waals surface area contributed by atoms with E-state index in [1.807, 2.05) is 31.4 Å². The molecule has 1 aromatic heterocycles. The molecular weight excluding hydrogens is 372 g/mol. The summed E-state index contributed by atoms with van der Waals surface area (Å²) in [5, 5.41) is 4.87. The second kappa shape index (κ2) is 6.48. The first-order valence-corrected chi connectivity index (χ1v) is 9.51. The van der Waals surface area contributed by atoms with Gasteiger partial charge in [-0.2, -0.15) is 0 Å². The maximum Gasteiger partial charge on any atom is 0.263 e. The van der Waals surface area contributed by atoms with E-state index in [4.69, 9.17) is 0 Å². The van der Waals surface area contributed by atoms with Gasteiger partial charge in [-0.15, -0.1) is 11.3 Å². The Hall–Kier alpha value is -0.890. The van der Waals surface area contributed by atoms with Crippen LogP contribution in [0, 0.1) is 13.8 Å². The highest BCUT2D eigenvalue weighted by atomic mass is 79.9. The summed E-state index contributed by atoms with van der Waals surface area (Å²) in [6.07, 6.45) is 0. The molecule has 0 aliphatic heterocycles. The minimum atomic E-state index is -3.60. The number of halogens is 1. The van der Waals surface area contributed by atoms with Crippen molar-refractivity contribution < 1.29 is 8.42 Å². The van der Waals surface area contributed by atoms with Crippen LogP contribution in [0.3, 0.4) is 0 Å². The molecule has 4 nitrogen and oxygen atoms in total. The Kier molecular flexibility index (Phi) is 5.08. The van der Waals surface area contributed by atoms with Crippen molar-refractivity contribution >= 4 is 43.0 Å². The summed E-state index contributed by atoms with van der Waals surface area (Å²) in [5.74, 6) is 0. The van der Waals surface area contributed by atoms with Crippen molar-refractivity contribution in [2.24, 2.45) is 0 Å². The van der Waals surface area contributed by atoms with E-state index in [1.165, 1.54) is 11.3 Å². The second-order valence-corrected chi connectivity index (χ2v) is 8.23. The van der Waals surface area contributed by atoms with E-state index < -0.39 is 10.0 Å². The number of aryl methyl sites for hydroxylation is 2. The van der Waals surface area contributed by atoms with E-state index >= 15 is 0 Å². The standard InChI is InChI=1S/C14H17BrN2O2S2/c1-9-4-5-12(11(15)6-9)17-21(18,19)14-10(2)8-20-13(14)7-16-3/h4-6,8,16-17H,7H2,1-3H3. The molecule has 0 fully saturated rings. The van der Waals surface area contributed by atoms with Crippen molar-refractivity contribution in [1.82, 2.24) is 5.32 Å². The third-order valence-corrected chi connectivity index (χ3v) is 6.45. The predicted molar refractivity (Wildman–Crippen MR) is 91.5 cm³/mol. The van der Waals surface area contributed by atoms with Crippen LogP contribution < -0.4 is 10.0 Å². The zero-order valence-corrected chi connectivity index (χ0v) is 15.2. The average Bonchev–Trinajstić information content (AvgIpc) is 2.75. The monoisotopic (exact) mass is 388 g/mol. The number of nitrogens with one attached hydrogen (secondary N) is 2. The van der Waals surface area contributed by atoms with Crippen molar-refractivity contribution in [1.29, 1.82) is 0 Å². The Morgan fingerprint density at radius 1 is 1.29 bits per heavy atom. The highest BCUT2D eigenvalue weighted by molar-refractivity contribution is 9.10. The lowest BCUT2D eigenvalue weighted by molar-refractivity contribution is 0.599. The zero-order chi connectivity index (χ0) is 15.6. The first-order chi connectivity index (χ1) is 9.85. The Labute approximate surface area is 137 Å². The van der Waals surface area contributed by atoms with Gasteiger partial charge in [-0.1, -0.05) is 6.07 Å². The number of thiophene rings is 1. The number of hydrogen-bond acceptors (Lipinski definition) is 4. The highest BCUT2D eigenvalue weighted by Crippen LogP contribution is 2.31. The summed E-state index contributed by atoms with van der Waals surface area (Å²) in [4.78, 5) is 1.18. The van der Waals surface area contributed by atoms with Crippen molar-refractivity contribution in [3.8, 4) is 0 Å². The zero-order valence-electron chi connectivity index (χ0n) is 12.0. The van der Waals surface area contributed by atoms with Gasteiger partial charge in [-0.05, 0) is 65.5 Å². The minimum Gasteiger partial charge on any atom is -0.315 e. The maximum atomic E-state index is 12.7. The molecular formula is C14H17BrN2O2S2. The van der Waals surface area contributed by atoms with Crippen molar-refractivity contribution in [2.75, 3.05) is 11.8 Å². The summed E-state index contributed by atoms with van der Waals surface area (Å²) < 4.78 is 28.7. The fraction of sp³-hybridized carbons (Fsp3) is 0.286. The number of rotatable bonds is 5. The fourth-order valence-electron chi connectivity index (χ4n) is 2.03. The van der Waals surface area contributed by atoms with Gasteiger partial charge in [-0.25, -0.2) is 8.42 Å². The van der Waals surface area contributed by atoms with E-state index in [1.54, 1.807) is 13.1 Å². The molecule has 1 heterocycles. The molecule has 0 aliphatic carbocycles. The van der Waals surface area contributed by atoms with Crippen LogP contribution in [-0.4, -0.2) is 15.5 Å². The Bertz CT molecular complexity index is 754. The molecule has 0 amide bonds. The molecule has 21 heavy (non-hydrogen) atoms. The molecule has 1 aromatic carbocycles. The average molecular weight is 389 g/mol. The number of sulfonamides is 1. The van der Waals surface area contributed by atoms with Gasteiger partial charge >= 0.3 is 0 Å². The topological polar surface area (TPSA) is 58.2 Å². The molecule has 7 heteroatoms. The number of benzene rings is 1. The van der Waals surface area contributed by atoms with Gasteiger partial charge in [-0.3, -0.25) is 4.72 Å². The van der Waals surface area contributed by atoms with Gasteiger partial charge in [0.2, 0.25) is 0 Å². The lowest BCUT2D eigenvalue weighted by Gasteiger charge is -2.12. The Morgan fingerprint density at radius 3 is 2.62 bits per heavy atom. The summed E-state index contributed by atoms with van der Waals surface area (Å²) >= 11 is 4.85. The molecule has 0 spiro atoms. The van der Waals surface area contributed by atoms with Gasteiger partial charge < -0.3 is 5.32 Å².